The van der Waals surface area contributed by atoms with Crippen molar-refractivity contribution >= 4 is 19.4 Å². The highest BCUT2D eigenvalue weighted by molar-refractivity contribution is 7.98. The zero-order valence-corrected chi connectivity index (χ0v) is 7.04. The summed E-state index contributed by atoms with van der Waals surface area (Å²) in [5.41, 5.74) is 9.98. The van der Waals surface area contributed by atoms with E-state index >= 15 is 0 Å². The molecule has 0 aromatic rings. The second-order valence-corrected chi connectivity index (χ2v) is 4.33. The van der Waals surface area contributed by atoms with Gasteiger partial charge in [-0.3, -0.25) is 15.6 Å². The van der Waals surface area contributed by atoms with Crippen LogP contribution in [0.1, 0.15) is 0 Å². The van der Waals surface area contributed by atoms with Crippen molar-refractivity contribution in [3.63, 3.8) is 0 Å². The van der Waals surface area contributed by atoms with Crippen molar-refractivity contribution in [2.75, 3.05) is 18.6 Å². The first-order valence-corrected chi connectivity index (χ1v) is 5.71. The van der Waals surface area contributed by atoms with E-state index in [9.17, 15) is 4.57 Å². The van der Waals surface area contributed by atoms with Crippen molar-refractivity contribution in [1.82, 2.24) is 5.09 Å². The Hall–Kier alpha value is 0.460. The molecule has 0 aromatic heterocycles. The van der Waals surface area contributed by atoms with Gasteiger partial charge in [0.25, 0.3) is 7.59 Å². The van der Waals surface area contributed by atoms with Gasteiger partial charge in [-0.25, -0.2) is 5.09 Å². The summed E-state index contributed by atoms with van der Waals surface area (Å²) in [6, 6.07) is 0. The minimum Gasteiger partial charge on any atom is -0.271 e. The zero-order valence-electron chi connectivity index (χ0n) is 5.33. The van der Waals surface area contributed by atoms with Crippen molar-refractivity contribution in [2.45, 2.75) is 0 Å². The fourth-order valence-corrected chi connectivity index (χ4v) is 1.24. The Balaban J connectivity index is 3.18. The third-order valence-electron chi connectivity index (χ3n) is 0.665. The van der Waals surface area contributed by atoms with E-state index in [1.165, 1.54) is 0 Å². The molecule has 0 heterocycles. The SMILES string of the molecule is CSCCNP(N)(N)=O. The average Bonchev–Trinajstić information content (AvgIpc) is 1.63. The third kappa shape index (κ3) is 8.46. The molecule has 0 rings (SSSR count). The van der Waals surface area contributed by atoms with Crippen LogP contribution in [0.15, 0.2) is 0 Å². The Kier molecular flexibility index (Phi) is 4.52. The first-order chi connectivity index (χ1) is 4.06. The fraction of sp³-hybridized carbons (Fsp3) is 1.00. The van der Waals surface area contributed by atoms with Gasteiger partial charge in [0, 0.05) is 12.3 Å². The monoisotopic (exact) mass is 169 g/mol. The number of nitrogens with two attached hydrogens (primary N) is 2. The van der Waals surface area contributed by atoms with Crippen molar-refractivity contribution < 1.29 is 4.57 Å². The number of rotatable bonds is 4. The van der Waals surface area contributed by atoms with Gasteiger partial charge in [-0.2, -0.15) is 11.8 Å². The van der Waals surface area contributed by atoms with Gasteiger partial charge >= 0.3 is 0 Å². The molecule has 6 heteroatoms. The van der Waals surface area contributed by atoms with Gasteiger partial charge in [-0.1, -0.05) is 0 Å². The Morgan fingerprint density at radius 2 is 2.22 bits per heavy atom. The second kappa shape index (κ2) is 4.30. The van der Waals surface area contributed by atoms with Crippen LogP contribution in [-0.4, -0.2) is 18.6 Å². The predicted octanol–water partition coefficient (Wildman–Crippen LogP) is -0.0355. The number of nitrogens with one attached hydrogen (secondary N) is 1. The highest BCUT2D eigenvalue weighted by Crippen LogP contribution is 2.16. The van der Waals surface area contributed by atoms with Crippen LogP contribution in [0, 0.1) is 0 Å². The molecule has 4 nitrogen and oxygen atoms in total. The highest BCUT2D eigenvalue weighted by atomic mass is 32.2. The topological polar surface area (TPSA) is 81.1 Å². The summed E-state index contributed by atoms with van der Waals surface area (Å²) in [5.74, 6) is 0.873. The standard InChI is InChI=1S/C3H12N3OPS/c1-9-3-2-6-8(4,5)7/h2-3H2,1H3,(H5,4,5,6,7). The van der Waals surface area contributed by atoms with Crippen LogP contribution in [0.5, 0.6) is 0 Å². The molecule has 0 bridgehead atoms. The van der Waals surface area contributed by atoms with Gasteiger partial charge in [-0.15, -0.1) is 0 Å². The summed E-state index contributed by atoms with van der Waals surface area (Å²) in [5, 5.41) is 2.51. The van der Waals surface area contributed by atoms with E-state index in [1.807, 2.05) is 6.26 Å². The van der Waals surface area contributed by atoms with Crippen molar-refractivity contribution in [3.05, 3.63) is 0 Å². The molecule has 0 atom stereocenters. The molecule has 0 amide bonds. The summed E-state index contributed by atoms with van der Waals surface area (Å²) in [6.07, 6.45) is 1.96. The molecule has 0 unspecified atom stereocenters. The molecule has 0 radical (unpaired) electrons. The van der Waals surface area contributed by atoms with Gasteiger partial charge in [-0.05, 0) is 6.26 Å². The van der Waals surface area contributed by atoms with E-state index in [1.54, 1.807) is 11.8 Å². The van der Waals surface area contributed by atoms with Crippen molar-refractivity contribution in [1.29, 1.82) is 0 Å². The Morgan fingerprint density at radius 1 is 1.67 bits per heavy atom. The third-order valence-corrected chi connectivity index (χ3v) is 2.00. The maximum absolute atomic E-state index is 10.5. The lowest BCUT2D eigenvalue weighted by atomic mass is 10.8. The normalized spacial score (nSPS) is 11.9. The fourth-order valence-electron chi connectivity index (χ4n) is 0.322. The molecule has 56 valence electrons. The van der Waals surface area contributed by atoms with Crippen LogP contribution in [0.2, 0.25) is 0 Å². The molecule has 9 heavy (non-hydrogen) atoms. The number of thioether (sulfide) groups is 1. The minimum absolute atomic E-state index is 0.603. The van der Waals surface area contributed by atoms with Crippen LogP contribution < -0.4 is 16.1 Å². The molecule has 0 aromatic carbocycles. The Morgan fingerprint density at radius 3 is 2.56 bits per heavy atom. The van der Waals surface area contributed by atoms with Crippen LogP contribution >= 0.6 is 19.4 Å². The number of hydrogen-bond donors (Lipinski definition) is 3. The predicted molar refractivity (Wildman–Crippen MR) is 42.4 cm³/mol. The van der Waals surface area contributed by atoms with Crippen molar-refractivity contribution in [2.24, 2.45) is 11.0 Å². The van der Waals surface area contributed by atoms with Gasteiger partial charge in [0.05, 0.1) is 0 Å². The van der Waals surface area contributed by atoms with Gasteiger partial charge in [0.2, 0.25) is 0 Å². The van der Waals surface area contributed by atoms with E-state index in [4.69, 9.17) is 11.0 Å². The maximum atomic E-state index is 10.5. The molecule has 0 aliphatic carbocycles. The Labute approximate surface area is 59.3 Å². The average molecular weight is 169 g/mol. The first kappa shape index (κ1) is 9.46. The Bertz CT molecular complexity index is 114. The lowest BCUT2D eigenvalue weighted by Gasteiger charge is -2.06. The largest absolute Gasteiger partial charge is 0.273 e. The summed E-state index contributed by atoms with van der Waals surface area (Å²) in [7, 11) is -2.96. The summed E-state index contributed by atoms with van der Waals surface area (Å²) in [4.78, 5) is 0. The second-order valence-electron chi connectivity index (χ2n) is 1.61. The summed E-state index contributed by atoms with van der Waals surface area (Å²) < 4.78 is 10.5. The van der Waals surface area contributed by atoms with E-state index in [0.717, 1.165) is 5.75 Å². The van der Waals surface area contributed by atoms with Crippen LogP contribution in [0.4, 0.5) is 0 Å². The van der Waals surface area contributed by atoms with Crippen molar-refractivity contribution in [3.8, 4) is 0 Å². The van der Waals surface area contributed by atoms with E-state index in [2.05, 4.69) is 5.09 Å². The van der Waals surface area contributed by atoms with E-state index in [0.29, 0.717) is 6.54 Å². The lowest BCUT2D eigenvalue weighted by molar-refractivity contribution is 0.568. The van der Waals surface area contributed by atoms with Gasteiger partial charge in [0.1, 0.15) is 0 Å². The van der Waals surface area contributed by atoms with Gasteiger partial charge < -0.3 is 0 Å². The molecular formula is C3H12N3OPS. The molecule has 0 spiro atoms. The highest BCUT2D eigenvalue weighted by Gasteiger charge is 2.03. The van der Waals surface area contributed by atoms with Crippen LogP contribution in [0.3, 0.4) is 0 Å². The molecule has 0 fully saturated rings. The smallest absolute Gasteiger partial charge is 0.271 e. The lowest BCUT2D eigenvalue weighted by Crippen LogP contribution is -2.24. The molecule has 0 saturated heterocycles. The molecule has 5 N–H and O–H groups in total. The molecule has 0 aliphatic rings. The maximum Gasteiger partial charge on any atom is 0.273 e. The van der Waals surface area contributed by atoms with E-state index in [-0.39, 0.29) is 0 Å². The minimum atomic E-state index is -2.96. The molecule has 0 saturated carbocycles. The zero-order chi connectivity index (χ0) is 7.33. The van der Waals surface area contributed by atoms with Gasteiger partial charge in [0.15, 0.2) is 0 Å². The number of hydrogen-bond acceptors (Lipinski definition) is 2. The van der Waals surface area contributed by atoms with E-state index < -0.39 is 7.59 Å². The molecular weight excluding hydrogens is 157 g/mol. The first-order valence-electron chi connectivity index (χ1n) is 2.47. The molecule has 0 aliphatic heterocycles. The quantitative estimate of drug-likeness (QED) is 0.406. The summed E-state index contributed by atoms with van der Waals surface area (Å²) >= 11 is 1.65. The van der Waals surface area contributed by atoms with Crippen LogP contribution in [-0.2, 0) is 4.57 Å². The van der Waals surface area contributed by atoms with Crippen LogP contribution in [0.25, 0.3) is 0 Å². The summed E-state index contributed by atoms with van der Waals surface area (Å²) in [6.45, 7) is 0.603.